The molecule has 2 aliphatic carbocycles. The van der Waals surface area contributed by atoms with Crippen LogP contribution in [0.4, 0.5) is 0 Å². The van der Waals surface area contributed by atoms with Crippen molar-refractivity contribution in [2.45, 2.75) is 77.7 Å². The number of nitrogens with two attached hydrogens (primary N) is 1. The maximum atomic E-state index is 6.88. The van der Waals surface area contributed by atoms with Gasteiger partial charge in [-0.25, -0.2) is 0 Å². The average molecular weight is 237 g/mol. The fraction of sp³-hybridized carbons (Fsp3) is 1.00. The van der Waals surface area contributed by atoms with Gasteiger partial charge >= 0.3 is 0 Å². The fourth-order valence-electron chi connectivity index (χ4n) is 4.46. The summed E-state index contributed by atoms with van der Waals surface area (Å²) in [7, 11) is 0. The molecule has 0 amide bonds. The van der Waals surface area contributed by atoms with E-state index in [2.05, 4.69) is 20.8 Å². The van der Waals surface area contributed by atoms with Gasteiger partial charge in [0.1, 0.15) is 0 Å². The van der Waals surface area contributed by atoms with Crippen molar-refractivity contribution < 1.29 is 0 Å². The summed E-state index contributed by atoms with van der Waals surface area (Å²) in [6.45, 7) is 7.17. The lowest BCUT2D eigenvalue weighted by Crippen LogP contribution is -2.57. The summed E-state index contributed by atoms with van der Waals surface area (Å²) >= 11 is 0. The molecule has 0 aromatic rings. The van der Waals surface area contributed by atoms with E-state index in [0.717, 1.165) is 23.7 Å². The summed E-state index contributed by atoms with van der Waals surface area (Å²) in [6, 6.07) is 0. The minimum absolute atomic E-state index is 0.158. The van der Waals surface area contributed by atoms with Gasteiger partial charge in [-0.2, -0.15) is 0 Å². The summed E-state index contributed by atoms with van der Waals surface area (Å²) in [5.74, 6) is 3.31. The lowest BCUT2D eigenvalue weighted by Gasteiger charge is -2.50. The van der Waals surface area contributed by atoms with Gasteiger partial charge in [0, 0.05) is 5.54 Å². The highest BCUT2D eigenvalue weighted by Gasteiger charge is 2.45. The summed E-state index contributed by atoms with van der Waals surface area (Å²) in [4.78, 5) is 0. The van der Waals surface area contributed by atoms with Crippen molar-refractivity contribution in [2.75, 3.05) is 0 Å². The van der Waals surface area contributed by atoms with Crippen LogP contribution in [0.3, 0.4) is 0 Å². The van der Waals surface area contributed by atoms with Crippen molar-refractivity contribution in [1.29, 1.82) is 0 Å². The molecule has 0 spiro atoms. The molecule has 0 aromatic carbocycles. The zero-order valence-electron chi connectivity index (χ0n) is 12.0. The molecule has 0 radical (unpaired) electrons. The van der Waals surface area contributed by atoms with E-state index in [1.807, 2.05) is 0 Å². The quantitative estimate of drug-likeness (QED) is 0.759. The van der Waals surface area contributed by atoms with Crippen LogP contribution in [0, 0.1) is 23.7 Å². The molecule has 2 N–H and O–H groups in total. The third kappa shape index (κ3) is 2.54. The molecule has 17 heavy (non-hydrogen) atoms. The second-order valence-corrected chi connectivity index (χ2v) is 6.91. The zero-order chi connectivity index (χ0) is 12.5. The molecular weight excluding hydrogens is 206 g/mol. The third-order valence-electron chi connectivity index (χ3n) is 6.09. The van der Waals surface area contributed by atoms with Gasteiger partial charge in [0.2, 0.25) is 0 Å². The first-order chi connectivity index (χ1) is 8.08. The summed E-state index contributed by atoms with van der Waals surface area (Å²) < 4.78 is 0. The van der Waals surface area contributed by atoms with Crippen LogP contribution in [-0.4, -0.2) is 5.54 Å². The maximum absolute atomic E-state index is 6.88. The SMILES string of the molecule is CCC1CCCC(C2(N)CCCC(C)C2C)C1. The molecule has 2 rings (SSSR count). The van der Waals surface area contributed by atoms with Crippen molar-refractivity contribution in [2.24, 2.45) is 29.4 Å². The Balaban J connectivity index is 2.08. The molecule has 1 heteroatoms. The van der Waals surface area contributed by atoms with Crippen LogP contribution in [0.25, 0.3) is 0 Å². The predicted octanol–water partition coefficient (Wildman–Crippen LogP) is 4.36. The molecule has 1 nitrogen and oxygen atoms in total. The number of hydrogen-bond donors (Lipinski definition) is 1. The van der Waals surface area contributed by atoms with Crippen molar-refractivity contribution in [1.82, 2.24) is 0 Å². The van der Waals surface area contributed by atoms with E-state index in [-0.39, 0.29) is 5.54 Å². The van der Waals surface area contributed by atoms with Gasteiger partial charge in [0.25, 0.3) is 0 Å². The van der Waals surface area contributed by atoms with Gasteiger partial charge in [-0.05, 0) is 42.9 Å². The van der Waals surface area contributed by atoms with Crippen molar-refractivity contribution in [3.63, 3.8) is 0 Å². The van der Waals surface area contributed by atoms with E-state index < -0.39 is 0 Å². The molecule has 0 heterocycles. The Kier molecular flexibility index (Phi) is 4.18. The fourth-order valence-corrected chi connectivity index (χ4v) is 4.46. The minimum Gasteiger partial charge on any atom is -0.325 e. The Morgan fingerprint density at radius 3 is 2.59 bits per heavy atom. The lowest BCUT2D eigenvalue weighted by molar-refractivity contribution is 0.0507. The van der Waals surface area contributed by atoms with Gasteiger partial charge in [-0.3, -0.25) is 0 Å². The standard InChI is InChI=1S/C16H31N/c1-4-14-8-5-9-15(11-14)16(17)10-6-7-12(2)13(16)3/h12-15H,4-11,17H2,1-3H3. The second kappa shape index (κ2) is 5.30. The van der Waals surface area contributed by atoms with E-state index in [0.29, 0.717) is 0 Å². The van der Waals surface area contributed by atoms with Crippen LogP contribution >= 0.6 is 0 Å². The zero-order valence-corrected chi connectivity index (χ0v) is 12.0. The van der Waals surface area contributed by atoms with E-state index in [9.17, 15) is 0 Å². The van der Waals surface area contributed by atoms with Crippen LogP contribution in [0.2, 0.25) is 0 Å². The molecule has 2 aliphatic rings. The third-order valence-corrected chi connectivity index (χ3v) is 6.09. The Bertz CT molecular complexity index is 250. The summed E-state index contributed by atoms with van der Waals surface area (Å²) in [6.07, 6.45) is 11.1. The maximum Gasteiger partial charge on any atom is 0.0211 e. The van der Waals surface area contributed by atoms with E-state index in [1.165, 1.54) is 51.4 Å². The van der Waals surface area contributed by atoms with Gasteiger partial charge in [-0.1, -0.05) is 52.9 Å². The average Bonchev–Trinajstić information content (AvgIpc) is 2.36. The monoisotopic (exact) mass is 237 g/mol. The van der Waals surface area contributed by atoms with Gasteiger partial charge < -0.3 is 5.73 Å². The molecule has 2 fully saturated rings. The van der Waals surface area contributed by atoms with Crippen LogP contribution in [0.15, 0.2) is 0 Å². The van der Waals surface area contributed by atoms with Crippen molar-refractivity contribution in [3.05, 3.63) is 0 Å². The largest absolute Gasteiger partial charge is 0.325 e. The first-order valence-electron chi connectivity index (χ1n) is 7.86. The topological polar surface area (TPSA) is 26.0 Å². The van der Waals surface area contributed by atoms with Crippen LogP contribution in [0.1, 0.15) is 72.1 Å². The van der Waals surface area contributed by atoms with Crippen molar-refractivity contribution in [3.8, 4) is 0 Å². The molecule has 2 saturated carbocycles. The molecule has 0 aromatic heterocycles. The van der Waals surface area contributed by atoms with Crippen LogP contribution < -0.4 is 5.73 Å². The number of hydrogen-bond acceptors (Lipinski definition) is 1. The summed E-state index contributed by atoms with van der Waals surface area (Å²) in [5.41, 5.74) is 7.04. The normalized spacial score (nSPS) is 48.0. The highest BCUT2D eigenvalue weighted by molar-refractivity contribution is 5.01. The van der Waals surface area contributed by atoms with Crippen LogP contribution in [-0.2, 0) is 0 Å². The van der Waals surface area contributed by atoms with E-state index >= 15 is 0 Å². The Morgan fingerprint density at radius 1 is 1.12 bits per heavy atom. The highest BCUT2D eigenvalue weighted by Crippen LogP contribution is 2.46. The number of rotatable bonds is 2. The van der Waals surface area contributed by atoms with Gasteiger partial charge in [0.05, 0.1) is 0 Å². The molecule has 0 aliphatic heterocycles. The molecule has 5 atom stereocenters. The minimum atomic E-state index is 0.158. The molecule has 0 saturated heterocycles. The van der Waals surface area contributed by atoms with Gasteiger partial charge in [-0.15, -0.1) is 0 Å². The first-order valence-corrected chi connectivity index (χ1v) is 7.86. The second-order valence-electron chi connectivity index (χ2n) is 6.91. The highest BCUT2D eigenvalue weighted by atomic mass is 14.8. The molecular formula is C16H31N. The molecule has 100 valence electrons. The smallest absolute Gasteiger partial charge is 0.0211 e. The predicted molar refractivity (Wildman–Crippen MR) is 74.8 cm³/mol. The lowest BCUT2D eigenvalue weighted by atomic mass is 9.59. The van der Waals surface area contributed by atoms with Crippen molar-refractivity contribution >= 4 is 0 Å². The van der Waals surface area contributed by atoms with Crippen LogP contribution in [0.5, 0.6) is 0 Å². The Morgan fingerprint density at radius 2 is 1.88 bits per heavy atom. The first kappa shape index (κ1) is 13.4. The Hall–Kier alpha value is -0.0400. The molecule has 5 unspecified atom stereocenters. The van der Waals surface area contributed by atoms with E-state index in [4.69, 9.17) is 5.73 Å². The summed E-state index contributed by atoms with van der Waals surface area (Å²) in [5, 5.41) is 0. The molecule has 0 bridgehead atoms. The Labute approximate surface area is 108 Å². The van der Waals surface area contributed by atoms with E-state index in [1.54, 1.807) is 0 Å². The van der Waals surface area contributed by atoms with Gasteiger partial charge in [0.15, 0.2) is 0 Å².